The Balaban J connectivity index is 1.69. The summed E-state index contributed by atoms with van der Waals surface area (Å²) >= 11 is 0. The number of rotatable bonds is 5. The van der Waals surface area contributed by atoms with Crippen molar-refractivity contribution in [1.82, 2.24) is 15.1 Å². The van der Waals surface area contributed by atoms with Crippen LogP contribution in [0.1, 0.15) is 37.8 Å². The first-order valence-corrected chi connectivity index (χ1v) is 8.24. The SMILES string of the molecule is CCOc1ccc([C@@H]2CCCN2CN2C(=O)CCNC2=O)cc1. The van der Waals surface area contributed by atoms with Crippen LogP contribution in [0.3, 0.4) is 0 Å². The lowest BCUT2D eigenvalue weighted by Gasteiger charge is -2.32. The van der Waals surface area contributed by atoms with Crippen molar-refractivity contribution < 1.29 is 14.3 Å². The molecule has 0 unspecified atom stereocenters. The summed E-state index contributed by atoms with van der Waals surface area (Å²) in [5, 5.41) is 2.74. The molecule has 0 aromatic heterocycles. The van der Waals surface area contributed by atoms with E-state index in [4.69, 9.17) is 4.74 Å². The van der Waals surface area contributed by atoms with Gasteiger partial charge in [-0.05, 0) is 37.5 Å². The normalized spacial score (nSPS) is 22.3. The smallest absolute Gasteiger partial charge is 0.325 e. The number of nitrogens with zero attached hydrogens (tertiary/aromatic N) is 2. The Morgan fingerprint density at radius 1 is 1.26 bits per heavy atom. The molecule has 0 radical (unpaired) electrons. The average molecular weight is 317 g/mol. The number of hydrogen-bond donors (Lipinski definition) is 1. The van der Waals surface area contributed by atoms with Crippen LogP contribution in [0.4, 0.5) is 4.79 Å². The summed E-state index contributed by atoms with van der Waals surface area (Å²) in [6.45, 7) is 4.32. The number of benzene rings is 1. The van der Waals surface area contributed by atoms with Crippen molar-refractivity contribution in [2.24, 2.45) is 0 Å². The Labute approximate surface area is 136 Å². The molecule has 23 heavy (non-hydrogen) atoms. The molecule has 2 saturated heterocycles. The standard InChI is InChI=1S/C17H23N3O3/c1-2-23-14-7-5-13(6-8-14)15-4-3-11-19(15)12-20-16(21)9-10-18-17(20)22/h5-8,15H,2-4,9-12H2,1H3,(H,18,22)/t15-/m0/s1. The summed E-state index contributed by atoms with van der Waals surface area (Å²) in [6.07, 6.45) is 2.49. The minimum atomic E-state index is -0.279. The van der Waals surface area contributed by atoms with E-state index >= 15 is 0 Å². The number of imide groups is 1. The van der Waals surface area contributed by atoms with Crippen LogP contribution in [0.15, 0.2) is 24.3 Å². The molecule has 1 atom stereocenters. The van der Waals surface area contributed by atoms with Crippen molar-refractivity contribution >= 4 is 11.9 Å². The molecule has 1 N–H and O–H groups in total. The molecule has 0 spiro atoms. The molecule has 1 aromatic carbocycles. The number of nitrogens with one attached hydrogen (secondary N) is 1. The van der Waals surface area contributed by atoms with Crippen LogP contribution in [0.25, 0.3) is 0 Å². The molecule has 2 aliphatic rings. The topological polar surface area (TPSA) is 61.9 Å². The summed E-state index contributed by atoms with van der Waals surface area (Å²) in [6, 6.07) is 8.08. The van der Waals surface area contributed by atoms with E-state index in [1.54, 1.807) is 0 Å². The van der Waals surface area contributed by atoms with Gasteiger partial charge in [0.2, 0.25) is 5.91 Å². The van der Waals surface area contributed by atoms with Crippen molar-refractivity contribution in [1.29, 1.82) is 0 Å². The van der Waals surface area contributed by atoms with Crippen molar-refractivity contribution in [3.05, 3.63) is 29.8 Å². The number of likely N-dealkylation sites (tertiary alicyclic amines) is 1. The van der Waals surface area contributed by atoms with E-state index in [9.17, 15) is 9.59 Å². The zero-order valence-corrected chi connectivity index (χ0v) is 13.5. The minimum Gasteiger partial charge on any atom is -0.494 e. The molecule has 3 amide bonds. The van der Waals surface area contributed by atoms with E-state index in [1.807, 2.05) is 19.1 Å². The molecule has 0 aliphatic carbocycles. The van der Waals surface area contributed by atoms with E-state index in [2.05, 4.69) is 22.3 Å². The van der Waals surface area contributed by atoms with Crippen LogP contribution in [-0.2, 0) is 4.79 Å². The third-order valence-corrected chi connectivity index (χ3v) is 4.42. The summed E-state index contributed by atoms with van der Waals surface area (Å²) in [5.41, 5.74) is 1.20. The van der Waals surface area contributed by atoms with Crippen molar-refractivity contribution in [2.45, 2.75) is 32.2 Å². The lowest BCUT2D eigenvalue weighted by molar-refractivity contribution is -0.131. The van der Waals surface area contributed by atoms with Gasteiger partial charge in [0.1, 0.15) is 5.75 Å². The van der Waals surface area contributed by atoms with Gasteiger partial charge in [-0.1, -0.05) is 12.1 Å². The summed E-state index contributed by atoms with van der Waals surface area (Å²) < 4.78 is 5.48. The van der Waals surface area contributed by atoms with Crippen LogP contribution in [0.2, 0.25) is 0 Å². The number of ether oxygens (including phenoxy) is 1. The molecule has 3 rings (SSSR count). The van der Waals surface area contributed by atoms with Gasteiger partial charge in [-0.3, -0.25) is 14.6 Å². The Morgan fingerprint density at radius 3 is 2.74 bits per heavy atom. The first kappa shape index (κ1) is 15.8. The van der Waals surface area contributed by atoms with Crippen LogP contribution in [-0.4, -0.2) is 48.1 Å². The number of urea groups is 1. The fraction of sp³-hybridized carbons (Fsp3) is 0.529. The Hall–Kier alpha value is -2.08. The quantitative estimate of drug-likeness (QED) is 0.903. The van der Waals surface area contributed by atoms with Gasteiger partial charge in [-0.25, -0.2) is 4.79 Å². The van der Waals surface area contributed by atoms with Gasteiger partial charge in [0.25, 0.3) is 0 Å². The fourth-order valence-corrected chi connectivity index (χ4v) is 3.27. The molecule has 2 aliphatic heterocycles. The van der Waals surface area contributed by atoms with Gasteiger partial charge in [-0.2, -0.15) is 0 Å². The van der Waals surface area contributed by atoms with Crippen LogP contribution in [0.5, 0.6) is 5.75 Å². The number of hydrogen-bond acceptors (Lipinski definition) is 4. The number of carbonyl (C=O) groups excluding carboxylic acids is 2. The van der Waals surface area contributed by atoms with Crippen LogP contribution >= 0.6 is 0 Å². The van der Waals surface area contributed by atoms with Gasteiger partial charge in [0, 0.05) is 25.6 Å². The number of carbonyl (C=O) groups is 2. The van der Waals surface area contributed by atoms with Crippen LogP contribution in [0, 0.1) is 0 Å². The van der Waals surface area contributed by atoms with Crippen molar-refractivity contribution in [3.8, 4) is 5.75 Å². The second-order valence-corrected chi connectivity index (χ2v) is 5.92. The third kappa shape index (κ3) is 3.47. The Bertz CT molecular complexity index is 557. The summed E-state index contributed by atoms with van der Waals surface area (Å²) in [5.74, 6) is 0.775. The molecule has 124 valence electrons. The molecule has 0 saturated carbocycles. The predicted molar refractivity (Wildman–Crippen MR) is 86.0 cm³/mol. The van der Waals surface area contributed by atoms with E-state index in [0.29, 0.717) is 26.2 Å². The maximum Gasteiger partial charge on any atom is 0.325 e. The summed E-state index contributed by atoms with van der Waals surface area (Å²) in [4.78, 5) is 27.4. The van der Waals surface area contributed by atoms with Gasteiger partial charge in [-0.15, -0.1) is 0 Å². The van der Waals surface area contributed by atoms with E-state index in [-0.39, 0.29) is 18.0 Å². The zero-order chi connectivity index (χ0) is 16.2. The van der Waals surface area contributed by atoms with Gasteiger partial charge < -0.3 is 10.1 Å². The van der Waals surface area contributed by atoms with Gasteiger partial charge in [0.15, 0.2) is 0 Å². The van der Waals surface area contributed by atoms with Crippen molar-refractivity contribution in [2.75, 3.05) is 26.4 Å². The zero-order valence-electron chi connectivity index (χ0n) is 13.5. The second-order valence-electron chi connectivity index (χ2n) is 5.92. The maximum absolute atomic E-state index is 12.0. The molecular weight excluding hydrogens is 294 g/mol. The van der Waals surface area contributed by atoms with Crippen LogP contribution < -0.4 is 10.1 Å². The minimum absolute atomic E-state index is 0.0916. The highest BCUT2D eigenvalue weighted by Gasteiger charge is 2.32. The first-order chi connectivity index (χ1) is 11.2. The number of amides is 3. The lowest BCUT2D eigenvalue weighted by Crippen LogP contribution is -2.53. The lowest BCUT2D eigenvalue weighted by atomic mass is 10.0. The first-order valence-electron chi connectivity index (χ1n) is 8.24. The molecule has 1 aromatic rings. The van der Waals surface area contributed by atoms with E-state index < -0.39 is 0 Å². The van der Waals surface area contributed by atoms with Gasteiger partial charge >= 0.3 is 6.03 Å². The maximum atomic E-state index is 12.0. The highest BCUT2D eigenvalue weighted by atomic mass is 16.5. The molecular formula is C17H23N3O3. The Kier molecular flexibility index (Phi) is 4.81. The summed E-state index contributed by atoms with van der Waals surface area (Å²) in [7, 11) is 0. The molecule has 2 heterocycles. The largest absolute Gasteiger partial charge is 0.494 e. The van der Waals surface area contributed by atoms with Gasteiger partial charge in [0.05, 0.1) is 13.3 Å². The highest BCUT2D eigenvalue weighted by molar-refractivity contribution is 5.96. The monoisotopic (exact) mass is 317 g/mol. The molecule has 6 heteroatoms. The average Bonchev–Trinajstić information content (AvgIpc) is 3.00. The molecule has 6 nitrogen and oxygen atoms in total. The van der Waals surface area contributed by atoms with E-state index in [1.165, 1.54) is 10.5 Å². The predicted octanol–water partition coefficient (Wildman–Crippen LogP) is 2.12. The highest BCUT2D eigenvalue weighted by Crippen LogP contribution is 2.33. The molecule has 0 bridgehead atoms. The Morgan fingerprint density at radius 2 is 2.04 bits per heavy atom. The molecule has 2 fully saturated rings. The van der Waals surface area contributed by atoms with Crippen molar-refractivity contribution in [3.63, 3.8) is 0 Å². The third-order valence-electron chi connectivity index (χ3n) is 4.42. The van der Waals surface area contributed by atoms with E-state index in [0.717, 1.165) is 25.1 Å². The second kappa shape index (κ2) is 7.00. The fourth-order valence-electron chi connectivity index (χ4n) is 3.27.